The van der Waals surface area contributed by atoms with Crippen molar-refractivity contribution in [3.8, 4) is 0 Å². The summed E-state index contributed by atoms with van der Waals surface area (Å²) in [6.45, 7) is 15.8. The Morgan fingerprint density at radius 2 is 0.661 bits per heavy atom. The van der Waals surface area contributed by atoms with Crippen molar-refractivity contribution in [3.63, 3.8) is 0 Å². The molecule has 3 aliphatic carbocycles. The van der Waals surface area contributed by atoms with Crippen LogP contribution in [0.5, 0.6) is 0 Å². The molecule has 4 unspecified atom stereocenters. The second kappa shape index (κ2) is 70.1. The van der Waals surface area contributed by atoms with Gasteiger partial charge in [-0.3, -0.25) is 14.4 Å². The number of fused-ring (bicyclic) bond motifs is 5. The summed E-state index contributed by atoms with van der Waals surface area (Å²) < 4.78 is 24.1. The number of urea groups is 2. The molecule has 0 saturated heterocycles. The Balaban J connectivity index is -0.000000418. The number of sulfone groups is 1. The topological polar surface area (TPSA) is 183 Å². The van der Waals surface area contributed by atoms with Gasteiger partial charge in [0, 0.05) is 54.5 Å². The molecule has 5 N–H and O–H groups in total. The molecule has 0 spiro atoms. The van der Waals surface area contributed by atoms with Crippen molar-refractivity contribution in [2.24, 2.45) is 23.7 Å². The van der Waals surface area contributed by atoms with Gasteiger partial charge in [-0.15, -0.1) is 0 Å². The monoisotopic (exact) mass is 1580 g/mol. The predicted octanol–water partition coefficient (Wildman–Crippen LogP) is 25.2. The van der Waals surface area contributed by atoms with Crippen molar-refractivity contribution >= 4 is 52.9 Å². The van der Waals surface area contributed by atoms with E-state index in [1.165, 1.54) is 60.6 Å². The fourth-order valence-corrected chi connectivity index (χ4v) is 15.2. The van der Waals surface area contributed by atoms with Crippen LogP contribution in [0.25, 0.3) is 0 Å². The van der Waals surface area contributed by atoms with Gasteiger partial charge in [0.15, 0.2) is 0 Å². The van der Waals surface area contributed by atoms with E-state index in [4.69, 9.17) is 0 Å². The van der Waals surface area contributed by atoms with Crippen LogP contribution >= 0.6 is 11.8 Å². The summed E-state index contributed by atoms with van der Waals surface area (Å²) in [6.07, 6.45) is 23.2. The number of nitrogens with zero attached hydrogens (tertiary/aromatic N) is 1. The average Bonchev–Trinajstić information content (AvgIpc) is 1.61. The van der Waals surface area contributed by atoms with Gasteiger partial charge in [0.25, 0.3) is 0 Å². The second-order valence-corrected chi connectivity index (χ2v) is 29.1. The highest BCUT2D eigenvalue weighted by atomic mass is 32.2. The molecular weight excluding hydrogens is 1430 g/mol. The van der Waals surface area contributed by atoms with Crippen LogP contribution in [0.4, 0.5) is 9.59 Å². The quantitative estimate of drug-likeness (QED) is 0.0204. The Kier molecular flexibility index (Phi) is 70.0. The summed E-state index contributed by atoms with van der Waals surface area (Å²) in [5.74, 6) is 4.80. The van der Waals surface area contributed by atoms with Gasteiger partial charge in [0.05, 0.1) is 9.79 Å². The number of amides is 7. The van der Waals surface area contributed by atoms with Crippen molar-refractivity contribution in [2.45, 2.75) is 248 Å². The van der Waals surface area contributed by atoms with Crippen molar-refractivity contribution in [1.82, 2.24) is 31.5 Å². The highest BCUT2D eigenvalue weighted by molar-refractivity contribution is 7.99. The molecule has 112 heavy (non-hydrogen) atoms. The van der Waals surface area contributed by atoms with Crippen molar-refractivity contribution in [3.05, 3.63) is 265 Å². The maximum atomic E-state index is 12.6. The van der Waals surface area contributed by atoms with E-state index in [-0.39, 0.29) is 76.9 Å². The van der Waals surface area contributed by atoms with Crippen molar-refractivity contribution in [1.29, 1.82) is 0 Å². The van der Waals surface area contributed by atoms with E-state index in [0.717, 1.165) is 77.0 Å². The Morgan fingerprint density at radius 3 is 0.973 bits per heavy atom. The van der Waals surface area contributed by atoms with E-state index in [1.807, 2.05) is 39.8 Å². The maximum absolute atomic E-state index is 12.6. The maximum Gasteiger partial charge on any atom is 0.325 e. The lowest BCUT2D eigenvalue weighted by Crippen LogP contribution is -2.49. The molecule has 15 heteroatoms. The first-order valence-electron chi connectivity index (χ1n) is 38.1. The van der Waals surface area contributed by atoms with E-state index >= 15 is 0 Å². The summed E-state index contributed by atoms with van der Waals surface area (Å²) in [4.78, 5) is 60.4. The van der Waals surface area contributed by atoms with Gasteiger partial charge in [-0.25, -0.2) is 22.9 Å². The number of benzene rings is 8. The van der Waals surface area contributed by atoms with Gasteiger partial charge in [0.1, 0.15) is 0 Å². The number of unbranched alkanes of at least 4 members (excludes halogenated alkanes) is 9. The number of rotatable bonds is 32. The Bertz CT molecular complexity index is 3280. The van der Waals surface area contributed by atoms with Crippen LogP contribution in [-0.2, 0) is 36.1 Å². The molecule has 0 aromatic heterocycles. The minimum absolute atomic E-state index is 0. The zero-order valence-corrected chi connectivity index (χ0v) is 64.6. The summed E-state index contributed by atoms with van der Waals surface area (Å²) >= 11 is 1.79. The zero-order valence-electron chi connectivity index (χ0n) is 62.9. The normalized spacial score (nSPS) is 13.6. The SMILES string of the molecule is C.C.C.C.C.C.C.C.C1CC2C3CCC(C3)C2C1.CC.CC.CC(C)(c1ccccc1)c1ccccc1.O=CNCCCCCCNC(=O)N(CCCCCCNC=O)C(=O)NCCCCCCNC=O.O=S(=O)(c1ccccc1)c1ccccc1.c1ccc(Cc2ccccc2)cc1.c1ccc(Sc2ccccc2)cc1. The fraction of sp³-hybridized carbons (Fsp3) is 0.454. The Morgan fingerprint density at radius 1 is 0.384 bits per heavy atom. The van der Waals surface area contributed by atoms with Gasteiger partial charge < -0.3 is 26.6 Å². The van der Waals surface area contributed by atoms with E-state index in [0.29, 0.717) is 74.7 Å². The van der Waals surface area contributed by atoms with Crippen LogP contribution in [0.2, 0.25) is 0 Å². The van der Waals surface area contributed by atoms with E-state index in [9.17, 15) is 32.4 Å². The Labute approximate surface area is 688 Å². The van der Waals surface area contributed by atoms with E-state index in [1.54, 1.807) is 111 Å². The molecular formula is C97H152N6O7S2. The second-order valence-electron chi connectivity index (χ2n) is 26.0. The standard InChI is InChI=1S/C23H44N6O5.C15H16.C13H12.C12H10O2S.C12H10S.C10H16.2C2H6.8CH4/c30-19-24-13-7-1-3-10-16-27-22(33)29(18-12-6-5-9-15-26-21-32)23(34)28-17-11-4-2-8-14-25-20-31;1-15(2,13-9-5-3-6-10-13)14-11-7-4-8-12-14;1-3-7-12(8-4-1)11-13-9-5-2-6-10-13;13-15(14,11-7-3-1-4-8-11)12-9-5-2-6-10-12;1-3-7-11(8-4-1)13-12-9-5-2-6-10-12;1-2-9-7-4-5-8(6-7)10(9)3-1;2*1-2;;;;;;;;/h19-21H,1-18H2,(H,24,30)(H,25,31)(H,26,32)(H,27,33)(H,28,34);3-12H,1-2H3;1-10H,11H2;1-10H;1-10H;7-10H,1-6H2;2*1-2H3;8*1H4. The molecule has 8 aromatic rings. The first kappa shape index (κ1) is 112. The number of imide groups is 1. The minimum Gasteiger partial charge on any atom is -0.359 e. The predicted molar refractivity (Wildman–Crippen MR) is 485 cm³/mol. The van der Waals surface area contributed by atoms with Gasteiger partial charge in [-0.05, 0) is 172 Å². The molecule has 3 fully saturated rings. The zero-order chi connectivity index (χ0) is 75.0. The van der Waals surface area contributed by atoms with Gasteiger partial charge >= 0.3 is 12.1 Å². The molecule has 4 atom stereocenters. The summed E-state index contributed by atoms with van der Waals surface area (Å²) in [6, 6.07) is 79.2. The molecule has 3 aliphatic rings. The first-order valence-corrected chi connectivity index (χ1v) is 40.4. The van der Waals surface area contributed by atoms with E-state index in [2.05, 4.69) is 210 Å². The van der Waals surface area contributed by atoms with Crippen LogP contribution < -0.4 is 26.6 Å². The number of carbonyl (C=O) groups is 5. The Hall–Kier alpha value is -8.79. The smallest absolute Gasteiger partial charge is 0.325 e. The minimum atomic E-state index is -3.34. The van der Waals surface area contributed by atoms with Crippen LogP contribution in [0.1, 0.15) is 239 Å². The van der Waals surface area contributed by atoms with Crippen LogP contribution in [0, 0.1) is 23.7 Å². The number of nitrogens with one attached hydrogen (secondary N) is 5. The van der Waals surface area contributed by atoms with Crippen LogP contribution in [-0.4, -0.2) is 83.9 Å². The van der Waals surface area contributed by atoms with Gasteiger partial charge in [-0.1, -0.05) is 352 Å². The lowest BCUT2D eigenvalue weighted by atomic mass is 9.78. The molecule has 3 saturated carbocycles. The molecule has 2 bridgehead atoms. The molecule has 0 radical (unpaired) electrons. The third-order valence-corrected chi connectivity index (χ3v) is 21.3. The number of hydrogen-bond donors (Lipinski definition) is 5. The third-order valence-electron chi connectivity index (χ3n) is 18.5. The highest BCUT2D eigenvalue weighted by Crippen LogP contribution is 2.58. The summed E-state index contributed by atoms with van der Waals surface area (Å²) in [7, 11) is -3.34. The average molecular weight is 1580 g/mol. The molecule has 0 aliphatic heterocycles. The number of hydrogen-bond acceptors (Lipinski definition) is 8. The van der Waals surface area contributed by atoms with Crippen LogP contribution in [0.15, 0.2) is 262 Å². The molecule has 8 aromatic carbocycles. The summed E-state index contributed by atoms with van der Waals surface area (Å²) in [5, 5.41) is 13.5. The highest BCUT2D eigenvalue weighted by Gasteiger charge is 2.49. The lowest BCUT2D eigenvalue weighted by molar-refractivity contribution is -0.110. The van der Waals surface area contributed by atoms with Crippen molar-refractivity contribution < 1.29 is 32.4 Å². The van der Waals surface area contributed by atoms with E-state index < -0.39 is 9.84 Å². The molecule has 0 heterocycles. The fourth-order valence-electron chi connectivity index (χ4n) is 13.1. The van der Waals surface area contributed by atoms with Crippen molar-refractivity contribution in [2.75, 3.05) is 39.3 Å². The van der Waals surface area contributed by atoms with Crippen LogP contribution in [0.3, 0.4) is 0 Å². The lowest BCUT2D eigenvalue weighted by Gasteiger charge is -2.25. The molecule has 624 valence electrons. The molecule has 13 nitrogen and oxygen atoms in total. The molecule has 11 rings (SSSR count). The third kappa shape index (κ3) is 44.5. The number of carbonyl (C=O) groups excluding carboxylic acids is 5. The summed E-state index contributed by atoms with van der Waals surface area (Å²) in [5.41, 5.74) is 5.54. The largest absolute Gasteiger partial charge is 0.359 e. The van der Waals surface area contributed by atoms with Gasteiger partial charge in [-0.2, -0.15) is 0 Å². The van der Waals surface area contributed by atoms with Gasteiger partial charge in [0.2, 0.25) is 29.1 Å². The molecule has 7 amide bonds. The first-order chi connectivity index (χ1) is 50.9.